The van der Waals surface area contributed by atoms with E-state index in [2.05, 4.69) is 15.3 Å². The number of nitrogens with one attached hydrogen (secondary N) is 1. The SMILES string of the molecule is [N-]=[N+]=N[C@]1(CI)O[C@@H](N2CCC(=O)NC2=O)[C@H](OC(=O)c2ccccc2)[C@@H]1OC(=O)c1ccccc1. The fourth-order valence-electron chi connectivity index (χ4n) is 3.90. The Balaban J connectivity index is 1.75. The molecule has 0 unspecified atom stereocenters. The average molecular weight is 605 g/mol. The molecular weight excluding hydrogens is 585 g/mol. The van der Waals surface area contributed by atoms with E-state index in [4.69, 9.17) is 14.2 Å². The van der Waals surface area contributed by atoms with Gasteiger partial charge in [-0.1, -0.05) is 64.1 Å². The Hall–Kier alpha value is -3.68. The predicted molar refractivity (Wildman–Crippen MR) is 132 cm³/mol. The Kier molecular flexibility index (Phi) is 7.72. The van der Waals surface area contributed by atoms with Crippen LogP contribution in [0.3, 0.4) is 0 Å². The van der Waals surface area contributed by atoms with Gasteiger partial charge < -0.3 is 14.2 Å². The molecule has 2 aliphatic rings. The Morgan fingerprint density at radius 2 is 1.67 bits per heavy atom. The van der Waals surface area contributed by atoms with Crippen molar-refractivity contribution in [3.05, 3.63) is 82.2 Å². The first-order valence-corrected chi connectivity index (χ1v) is 12.3. The van der Waals surface area contributed by atoms with Crippen LogP contribution in [-0.2, 0) is 19.0 Å². The molecule has 2 aromatic carbocycles. The van der Waals surface area contributed by atoms with Gasteiger partial charge in [0.2, 0.25) is 5.91 Å². The number of carbonyl (C=O) groups is 4. The third kappa shape index (κ3) is 5.12. The summed E-state index contributed by atoms with van der Waals surface area (Å²) in [5, 5.41) is 5.96. The van der Waals surface area contributed by atoms with Crippen LogP contribution in [0.1, 0.15) is 27.1 Å². The van der Waals surface area contributed by atoms with Crippen molar-refractivity contribution in [1.29, 1.82) is 0 Å². The maximum Gasteiger partial charge on any atom is 0.338 e. The number of halogens is 1. The molecule has 1 N–H and O–H groups in total. The van der Waals surface area contributed by atoms with Gasteiger partial charge in [0.1, 0.15) is 0 Å². The van der Waals surface area contributed by atoms with Crippen LogP contribution in [-0.4, -0.2) is 63.9 Å². The first-order valence-electron chi connectivity index (χ1n) is 10.8. The number of amides is 3. The molecule has 2 aliphatic heterocycles. The molecule has 0 spiro atoms. The molecule has 12 nitrogen and oxygen atoms in total. The largest absolute Gasteiger partial charge is 0.451 e. The molecule has 2 saturated heterocycles. The molecule has 0 saturated carbocycles. The van der Waals surface area contributed by atoms with Gasteiger partial charge in [-0.3, -0.25) is 15.0 Å². The fraction of sp³-hybridized carbons (Fsp3) is 0.304. The molecule has 0 aromatic heterocycles. The topological polar surface area (TPSA) is 160 Å². The van der Waals surface area contributed by atoms with E-state index in [0.717, 1.165) is 4.90 Å². The van der Waals surface area contributed by atoms with E-state index >= 15 is 0 Å². The van der Waals surface area contributed by atoms with Crippen molar-refractivity contribution >= 4 is 46.5 Å². The monoisotopic (exact) mass is 605 g/mol. The molecular formula is C23H20IN5O7. The van der Waals surface area contributed by atoms with E-state index in [1.165, 1.54) is 24.3 Å². The highest BCUT2D eigenvalue weighted by molar-refractivity contribution is 14.1. The van der Waals surface area contributed by atoms with Gasteiger partial charge in [0.25, 0.3) is 0 Å². The zero-order valence-corrected chi connectivity index (χ0v) is 20.8. The molecule has 186 valence electrons. The second-order valence-corrected chi connectivity index (χ2v) is 8.66. The third-order valence-electron chi connectivity index (χ3n) is 5.64. The summed E-state index contributed by atoms with van der Waals surface area (Å²) in [6.45, 7) is -0.0539. The summed E-state index contributed by atoms with van der Waals surface area (Å²) >= 11 is 1.89. The highest BCUT2D eigenvalue weighted by Gasteiger charge is 2.61. The molecule has 4 atom stereocenters. The number of urea groups is 1. The van der Waals surface area contributed by atoms with Crippen LogP contribution < -0.4 is 5.32 Å². The zero-order chi connectivity index (χ0) is 25.7. The first-order chi connectivity index (χ1) is 17.4. The molecule has 4 rings (SSSR count). The molecule has 2 fully saturated rings. The van der Waals surface area contributed by atoms with Gasteiger partial charge in [-0.2, -0.15) is 0 Å². The lowest BCUT2D eigenvalue weighted by Crippen LogP contribution is -2.57. The second-order valence-electron chi connectivity index (χ2n) is 7.90. The number of nitrogens with zero attached hydrogens (tertiary/aromatic N) is 4. The molecule has 36 heavy (non-hydrogen) atoms. The predicted octanol–water partition coefficient (Wildman–Crippen LogP) is 3.18. The quantitative estimate of drug-likeness (QED) is 0.127. The molecule has 2 aromatic rings. The van der Waals surface area contributed by atoms with Gasteiger partial charge in [-0.15, -0.1) is 0 Å². The van der Waals surface area contributed by atoms with Gasteiger partial charge >= 0.3 is 18.0 Å². The van der Waals surface area contributed by atoms with E-state index in [9.17, 15) is 24.7 Å². The number of azide groups is 1. The number of esters is 2. The molecule has 0 radical (unpaired) electrons. The van der Waals surface area contributed by atoms with Gasteiger partial charge in [0.05, 0.1) is 11.1 Å². The Morgan fingerprint density at radius 3 is 2.19 bits per heavy atom. The van der Waals surface area contributed by atoms with E-state index in [0.29, 0.717) is 0 Å². The van der Waals surface area contributed by atoms with Crippen molar-refractivity contribution < 1.29 is 33.4 Å². The molecule has 13 heteroatoms. The highest BCUT2D eigenvalue weighted by Crippen LogP contribution is 2.41. The number of benzene rings is 2. The smallest absolute Gasteiger partial charge is 0.338 e. The van der Waals surface area contributed by atoms with Crippen LogP contribution in [0.5, 0.6) is 0 Å². The van der Waals surface area contributed by atoms with Crippen LogP contribution in [0.25, 0.3) is 10.4 Å². The normalized spacial score (nSPS) is 25.5. The fourth-order valence-corrected chi connectivity index (χ4v) is 4.67. The number of hydrogen-bond donors (Lipinski definition) is 1. The van der Waals surface area contributed by atoms with E-state index in [-0.39, 0.29) is 28.5 Å². The lowest BCUT2D eigenvalue weighted by Gasteiger charge is -2.34. The molecule has 0 aliphatic carbocycles. The number of rotatable bonds is 7. The number of alkyl halides is 1. The minimum Gasteiger partial charge on any atom is -0.451 e. The van der Waals surface area contributed by atoms with Crippen LogP contribution in [0.2, 0.25) is 0 Å². The summed E-state index contributed by atoms with van der Waals surface area (Å²) in [4.78, 5) is 54.4. The van der Waals surface area contributed by atoms with Crippen LogP contribution in [0.15, 0.2) is 65.8 Å². The van der Waals surface area contributed by atoms with Crippen LogP contribution in [0, 0.1) is 0 Å². The molecule has 2 heterocycles. The lowest BCUT2D eigenvalue weighted by atomic mass is 10.0. The summed E-state index contributed by atoms with van der Waals surface area (Å²) in [5.41, 5.74) is 7.91. The molecule has 0 bridgehead atoms. The van der Waals surface area contributed by atoms with Crippen molar-refractivity contribution in [3.63, 3.8) is 0 Å². The highest BCUT2D eigenvalue weighted by atomic mass is 127. The first kappa shape index (κ1) is 25.4. The summed E-state index contributed by atoms with van der Waals surface area (Å²) in [6.07, 6.45) is -4.15. The summed E-state index contributed by atoms with van der Waals surface area (Å²) in [7, 11) is 0. The maximum atomic E-state index is 13.0. The zero-order valence-electron chi connectivity index (χ0n) is 18.7. The van der Waals surface area contributed by atoms with Crippen LogP contribution >= 0.6 is 22.6 Å². The minimum absolute atomic E-state index is 0.00810. The van der Waals surface area contributed by atoms with Gasteiger partial charge in [-0.05, 0) is 29.8 Å². The summed E-state index contributed by atoms with van der Waals surface area (Å²) < 4.78 is 17.6. The van der Waals surface area contributed by atoms with Gasteiger partial charge in [-0.25, -0.2) is 14.4 Å². The van der Waals surface area contributed by atoms with Crippen molar-refractivity contribution in [1.82, 2.24) is 10.2 Å². The van der Waals surface area contributed by atoms with Gasteiger partial charge in [0, 0.05) is 22.3 Å². The van der Waals surface area contributed by atoms with E-state index in [1.807, 2.05) is 22.6 Å². The number of ether oxygens (including phenoxy) is 3. The van der Waals surface area contributed by atoms with Crippen molar-refractivity contribution in [3.8, 4) is 0 Å². The average Bonchev–Trinajstić information content (AvgIpc) is 3.18. The summed E-state index contributed by atoms with van der Waals surface area (Å²) in [6, 6.07) is 15.4. The molecule has 3 amide bonds. The van der Waals surface area contributed by atoms with Crippen molar-refractivity contribution in [2.24, 2.45) is 5.11 Å². The minimum atomic E-state index is -1.81. The van der Waals surface area contributed by atoms with Crippen molar-refractivity contribution in [2.75, 3.05) is 11.0 Å². The van der Waals surface area contributed by atoms with Crippen molar-refractivity contribution in [2.45, 2.75) is 30.6 Å². The van der Waals surface area contributed by atoms with E-state index in [1.54, 1.807) is 36.4 Å². The number of hydrogen-bond acceptors (Lipinski definition) is 8. The van der Waals surface area contributed by atoms with E-state index < -0.39 is 48.0 Å². The Morgan fingerprint density at radius 1 is 1.08 bits per heavy atom. The second kappa shape index (κ2) is 10.9. The third-order valence-corrected chi connectivity index (χ3v) is 6.74. The maximum absolute atomic E-state index is 13.0. The van der Waals surface area contributed by atoms with Gasteiger partial charge in [0.15, 0.2) is 24.2 Å². The Labute approximate surface area is 218 Å². The Bertz CT molecular complexity index is 1210. The lowest BCUT2D eigenvalue weighted by molar-refractivity contribution is -0.128. The summed E-state index contributed by atoms with van der Waals surface area (Å²) in [5.74, 6) is -2.02. The standard InChI is InChI=1S/C23H20IN5O7/c24-13-23(27-28-25)18(35-21(32)15-9-5-2-6-10-15)17(34-20(31)14-7-3-1-4-8-14)19(36-23)29-12-11-16(30)26-22(29)33/h1-10,17-19H,11-13H2,(H,26,30,33)/t17-,18+,19-,23-/m1/s1. The number of imide groups is 1. The van der Waals surface area contributed by atoms with Crippen LogP contribution in [0.4, 0.5) is 4.79 Å². The number of carbonyl (C=O) groups excluding carboxylic acids is 4.